The van der Waals surface area contributed by atoms with Gasteiger partial charge in [-0.15, -0.1) is 10.2 Å². The summed E-state index contributed by atoms with van der Waals surface area (Å²) in [6, 6.07) is -0.380. The molecule has 1 aromatic rings. The van der Waals surface area contributed by atoms with Crippen molar-refractivity contribution in [1.82, 2.24) is 15.5 Å². The number of thioether (sulfide) groups is 1. The van der Waals surface area contributed by atoms with Crippen molar-refractivity contribution in [3.63, 3.8) is 0 Å². The second kappa shape index (κ2) is 6.01. The highest BCUT2D eigenvalue weighted by atomic mass is 32.2. The average Bonchev–Trinajstić information content (AvgIpc) is 2.59. The van der Waals surface area contributed by atoms with E-state index in [-0.39, 0.29) is 17.3 Å². The van der Waals surface area contributed by atoms with E-state index < -0.39 is 5.97 Å². The molecule has 0 spiro atoms. The highest BCUT2D eigenvalue weighted by molar-refractivity contribution is 8.01. The number of hydrogen-bond acceptors (Lipinski definition) is 7. The summed E-state index contributed by atoms with van der Waals surface area (Å²) < 4.78 is 0.463. The van der Waals surface area contributed by atoms with Crippen molar-refractivity contribution in [1.29, 1.82) is 0 Å². The van der Waals surface area contributed by atoms with E-state index in [1.807, 2.05) is 20.8 Å². The molecule has 1 heterocycles. The van der Waals surface area contributed by atoms with Gasteiger partial charge < -0.3 is 15.2 Å². The SMILES string of the molecule is CC(C)(C)NC(=O)Nc1nnc(SCC(=O)[O-])s1. The Hall–Kier alpha value is -1.35. The van der Waals surface area contributed by atoms with Gasteiger partial charge in [-0.3, -0.25) is 5.32 Å². The molecule has 0 bridgehead atoms. The van der Waals surface area contributed by atoms with Crippen LogP contribution in [0.5, 0.6) is 0 Å². The largest absolute Gasteiger partial charge is 0.549 e. The van der Waals surface area contributed by atoms with Gasteiger partial charge in [-0.2, -0.15) is 0 Å². The van der Waals surface area contributed by atoms with E-state index in [0.29, 0.717) is 9.47 Å². The summed E-state index contributed by atoms with van der Waals surface area (Å²) in [5.41, 5.74) is -0.346. The van der Waals surface area contributed by atoms with Crippen LogP contribution in [0.4, 0.5) is 9.93 Å². The van der Waals surface area contributed by atoms with Gasteiger partial charge in [0.1, 0.15) is 0 Å². The lowest BCUT2D eigenvalue weighted by atomic mass is 10.1. The fraction of sp³-hybridized carbons (Fsp3) is 0.556. The number of nitrogens with one attached hydrogen (secondary N) is 2. The third kappa shape index (κ3) is 5.82. The molecule has 1 aromatic heterocycles. The zero-order valence-corrected chi connectivity index (χ0v) is 11.8. The van der Waals surface area contributed by atoms with Crippen molar-refractivity contribution in [2.45, 2.75) is 30.6 Å². The zero-order valence-electron chi connectivity index (χ0n) is 10.1. The maximum Gasteiger partial charge on any atom is 0.321 e. The second-order valence-corrected chi connectivity index (χ2v) is 6.56. The third-order valence-electron chi connectivity index (χ3n) is 1.43. The van der Waals surface area contributed by atoms with Gasteiger partial charge in [-0.25, -0.2) is 4.79 Å². The monoisotopic (exact) mass is 289 g/mol. The smallest absolute Gasteiger partial charge is 0.321 e. The minimum absolute atomic E-state index is 0.192. The van der Waals surface area contributed by atoms with Crippen LogP contribution in [-0.4, -0.2) is 33.5 Å². The molecule has 0 saturated carbocycles. The van der Waals surface area contributed by atoms with Gasteiger partial charge in [0.2, 0.25) is 5.13 Å². The first-order valence-electron chi connectivity index (χ1n) is 5.01. The van der Waals surface area contributed by atoms with Crippen LogP contribution in [0.2, 0.25) is 0 Å². The normalized spacial score (nSPS) is 11.1. The standard InChI is InChI=1S/C9H14N4O3S2/c1-9(2,3)11-6(16)10-7-12-13-8(18-7)17-4-5(14)15/h4H2,1-3H3,(H,14,15)(H2,10,11,12,16)/p-1. The Morgan fingerprint density at radius 3 is 2.61 bits per heavy atom. The van der Waals surface area contributed by atoms with Crippen molar-refractivity contribution in [3.05, 3.63) is 0 Å². The molecule has 18 heavy (non-hydrogen) atoms. The van der Waals surface area contributed by atoms with E-state index in [1.54, 1.807) is 0 Å². The number of aliphatic carboxylic acids is 1. The van der Waals surface area contributed by atoms with E-state index in [1.165, 1.54) is 0 Å². The predicted molar refractivity (Wildman–Crippen MR) is 67.5 cm³/mol. The van der Waals surface area contributed by atoms with Crippen molar-refractivity contribution >= 4 is 40.2 Å². The highest BCUT2D eigenvalue weighted by Gasteiger charge is 2.15. The van der Waals surface area contributed by atoms with Gasteiger partial charge >= 0.3 is 6.03 Å². The first kappa shape index (κ1) is 14.7. The Morgan fingerprint density at radius 2 is 2.06 bits per heavy atom. The Bertz CT molecular complexity index is 441. The van der Waals surface area contributed by atoms with Crippen LogP contribution in [0.3, 0.4) is 0 Å². The molecule has 0 atom stereocenters. The lowest BCUT2D eigenvalue weighted by Crippen LogP contribution is -2.43. The Labute approximate surface area is 112 Å². The maximum absolute atomic E-state index is 11.5. The van der Waals surface area contributed by atoms with Crippen LogP contribution in [0, 0.1) is 0 Å². The number of urea groups is 1. The minimum atomic E-state index is -1.17. The molecule has 9 heteroatoms. The highest BCUT2D eigenvalue weighted by Crippen LogP contribution is 2.24. The fourth-order valence-electron chi connectivity index (χ4n) is 0.908. The van der Waals surface area contributed by atoms with E-state index in [9.17, 15) is 14.7 Å². The fourth-order valence-corrected chi connectivity index (χ4v) is 2.37. The second-order valence-electron chi connectivity index (χ2n) is 4.36. The molecule has 0 aliphatic carbocycles. The van der Waals surface area contributed by atoms with Gasteiger partial charge in [0.15, 0.2) is 4.34 Å². The van der Waals surface area contributed by atoms with Gasteiger partial charge in [0.05, 0.1) is 5.97 Å². The molecule has 7 nitrogen and oxygen atoms in total. The van der Waals surface area contributed by atoms with Crippen molar-refractivity contribution in [3.8, 4) is 0 Å². The van der Waals surface area contributed by atoms with Crippen LogP contribution < -0.4 is 15.7 Å². The van der Waals surface area contributed by atoms with E-state index >= 15 is 0 Å². The summed E-state index contributed by atoms with van der Waals surface area (Å²) >= 11 is 2.11. The molecule has 0 saturated heterocycles. The summed E-state index contributed by atoms with van der Waals surface area (Å²) in [5, 5.41) is 23.3. The first-order chi connectivity index (χ1) is 8.26. The molecule has 2 N–H and O–H groups in total. The van der Waals surface area contributed by atoms with Crippen molar-refractivity contribution in [2.24, 2.45) is 0 Å². The van der Waals surface area contributed by atoms with Crippen molar-refractivity contribution < 1.29 is 14.7 Å². The number of amides is 2. The molecule has 0 aromatic carbocycles. The number of nitrogens with zero attached hydrogens (tertiary/aromatic N) is 2. The molecule has 0 fully saturated rings. The number of carboxylic acids is 1. The Balaban J connectivity index is 2.48. The number of carbonyl (C=O) groups excluding carboxylic acids is 2. The number of hydrogen-bond donors (Lipinski definition) is 2. The third-order valence-corrected chi connectivity index (χ3v) is 3.37. The minimum Gasteiger partial charge on any atom is -0.549 e. The van der Waals surface area contributed by atoms with Crippen LogP contribution in [0.1, 0.15) is 20.8 Å². The summed E-state index contributed by atoms with van der Waals surface area (Å²) in [6.07, 6.45) is 0. The quantitative estimate of drug-likeness (QED) is 0.610. The molecule has 0 aliphatic heterocycles. The average molecular weight is 289 g/mol. The van der Waals surface area contributed by atoms with Crippen LogP contribution in [0.25, 0.3) is 0 Å². The first-order valence-corrected chi connectivity index (χ1v) is 6.82. The summed E-state index contributed by atoms with van der Waals surface area (Å²) in [5.74, 6) is -1.36. The molecule has 2 amide bonds. The zero-order chi connectivity index (χ0) is 13.8. The summed E-state index contributed by atoms with van der Waals surface area (Å²) in [4.78, 5) is 21.8. The van der Waals surface area contributed by atoms with E-state index in [4.69, 9.17) is 0 Å². The lowest BCUT2D eigenvalue weighted by molar-refractivity contribution is -0.301. The molecule has 0 radical (unpaired) electrons. The number of carbonyl (C=O) groups is 2. The number of aromatic nitrogens is 2. The van der Waals surface area contributed by atoms with Gasteiger partial charge in [-0.1, -0.05) is 23.1 Å². The Morgan fingerprint density at radius 1 is 1.39 bits per heavy atom. The molecule has 0 aliphatic rings. The number of anilines is 1. The van der Waals surface area contributed by atoms with E-state index in [2.05, 4.69) is 20.8 Å². The molecule has 100 valence electrons. The van der Waals surface area contributed by atoms with Crippen molar-refractivity contribution in [2.75, 3.05) is 11.1 Å². The lowest BCUT2D eigenvalue weighted by Gasteiger charge is -2.19. The van der Waals surface area contributed by atoms with Crippen LogP contribution >= 0.6 is 23.1 Å². The van der Waals surface area contributed by atoms with Gasteiger partial charge in [0.25, 0.3) is 0 Å². The predicted octanol–water partition coefficient (Wildman–Crippen LogP) is 0.300. The molecule has 0 unspecified atom stereocenters. The summed E-state index contributed by atoms with van der Waals surface area (Å²) in [6.45, 7) is 5.56. The van der Waals surface area contributed by atoms with E-state index in [0.717, 1.165) is 23.1 Å². The molecule has 1 rings (SSSR count). The number of carboxylic acid groups (broad SMARTS) is 1. The summed E-state index contributed by atoms with van der Waals surface area (Å²) in [7, 11) is 0. The maximum atomic E-state index is 11.5. The van der Waals surface area contributed by atoms with Gasteiger partial charge in [0, 0.05) is 11.3 Å². The topological polar surface area (TPSA) is 107 Å². The number of rotatable bonds is 4. The van der Waals surface area contributed by atoms with Crippen LogP contribution in [-0.2, 0) is 4.79 Å². The van der Waals surface area contributed by atoms with Crippen LogP contribution in [0.15, 0.2) is 4.34 Å². The van der Waals surface area contributed by atoms with Gasteiger partial charge in [-0.05, 0) is 20.8 Å². The Kier molecular flexibility index (Phi) is 4.91. The molecular weight excluding hydrogens is 276 g/mol. The molecular formula is C9H13N4O3S2-.